The van der Waals surface area contributed by atoms with Gasteiger partial charge in [-0.25, -0.2) is 0 Å². The Kier molecular flexibility index (Phi) is 68.2. The molecule has 1 atom stereocenters. The fraction of sp³-hybridized carbons (Fsp3) is 0.779. The van der Waals surface area contributed by atoms with Crippen molar-refractivity contribution in [2.24, 2.45) is 0 Å². The number of ether oxygens (including phenoxy) is 3. The van der Waals surface area contributed by atoms with Crippen LogP contribution in [0.4, 0.5) is 0 Å². The summed E-state index contributed by atoms with van der Waals surface area (Å²) in [5, 5.41) is 0. The van der Waals surface area contributed by atoms with Crippen LogP contribution in [0.2, 0.25) is 0 Å². The maximum Gasteiger partial charge on any atom is 0.306 e. The number of hydrogen-bond acceptors (Lipinski definition) is 6. The van der Waals surface area contributed by atoms with Crippen LogP contribution in [0.15, 0.2) is 85.1 Å². The lowest BCUT2D eigenvalue weighted by Gasteiger charge is -2.18. The van der Waals surface area contributed by atoms with Gasteiger partial charge in [-0.3, -0.25) is 14.4 Å². The van der Waals surface area contributed by atoms with E-state index in [2.05, 4.69) is 106 Å². The topological polar surface area (TPSA) is 78.9 Å². The van der Waals surface area contributed by atoms with Crippen LogP contribution in [0.25, 0.3) is 0 Å². The smallest absolute Gasteiger partial charge is 0.306 e. The van der Waals surface area contributed by atoms with Crippen molar-refractivity contribution in [3.63, 3.8) is 0 Å². The van der Waals surface area contributed by atoms with Gasteiger partial charge in [-0.05, 0) is 96.3 Å². The first kappa shape index (κ1) is 79.6. The fourth-order valence-electron chi connectivity index (χ4n) is 10.5. The molecule has 0 aromatic heterocycles. The third-order valence-corrected chi connectivity index (χ3v) is 15.9. The van der Waals surface area contributed by atoms with Crippen LogP contribution in [-0.4, -0.2) is 37.2 Å². The highest BCUT2D eigenvalue weighted by Crippen LogP contribution is 2.18. The summed E-state index contributed by atoms with van der Waals surface area (Å²) in [4.78, 5) is 38.5. The molecule has 1 unspecified atom stereocenters. The van der Waals surface area contributed by atoms with Crippen LogP contribution in [0.3, 0.4) is 0 Å². The molecule has 0 saturated carbocycles. The molecule has 0 fully saturated rings. The Morgan fingerprint density at radius 2 is 0.470 bits per heavy atom. The molecular weight excluding hydrogens is 1020 g/mol. The van der Waals surface area contributed by atoms with Crippen LogP contribution in [-0.2, 0) is 28.6 Å². The standard InChI is InChI=1S/C77H136O6/c1-4-7-10-13-16-19-22-25-28-30-32-34-35-36-37-38-39-40-41-43-44-46-49-52-55-58-61-64-67-70-76(79)82-73-74(72-81-75(78)69-66-63-60-57-54-51-48-27-24-21-18-15-12-9-6-3)83-77(80)71-68-65-62-59-56-53-50-47-45-42-33-31-29-26-23-20-17-14-11-8-5-2/h8,11,17-18,20-21,26-27,29,33,42,47-48,50,74H,4-7,9-10,12-16,19,22-25,28,30-32,34-41,43-46,49,51-73H2,1-3H3/b11-8-,20-17-,21-18-,29-26-,42-33-,48-27-,50-47-. The Hall–Kier alpha value is -3.41. The van der Waals surface area contributed by atoms with E-state index >= 15 is 0 Å². The van der Waals surface area contributed by atoms with Crippen molar-refractivity contribution in [1.29, 1.82) is 0 Å². The summed E-state index contributed by atoms with van der Waals surface area (Å²) < 4.78 is 17.0. The summed E-state index contributed by atoms with van der Waals surface area (Å²) in [6.45, 7) is 6.53. The van der Waals surface area contributed by atoms with E-state index in [9.17, 15) is 14.4 Å². The molecule has 480 valence electrons. The first-order valence-electron chi connectivity index (χ1n) is 36.1. The van der Waals surface area contributed by atoms with Gasteiger partial charge in [-0.15, -0.1) is 0 Å². The molecule has 0 aliphatic heterocycles. The molecule has 6 nitrogen and oxygen atoms in total. The first-order chi connectivity index (χ1) is 41.0. The second-order valence-corrected chi connectivity index (χ2v) is 24.1. The van der Waals surface area contributed by atoms with Crippen molar-refractivity contribution >= 4 is 17.9 Å². The maximum absolute atomic E-state index is 13.0. The summed E-state index contributed by atoms with van der Waals surface area (Å²) in [6.07, 6.45) is 94.8. The van der Waals surface area contributed by atoms with Crippen molar-refractivity contribution < 1.29 is 28.6 Å². The average molecular weight is 1160 g/mol. The molecule has 0 spiro atoms. The number of esters is 3. The van der Waals surface area contributed by atoms with E-state index in [-0.39, 0.29) is 31.1 Å². The number of allylic oxidation sites excluding steroid dienone is 14. The van der Waals surface area contributed by atoms with Gasteiger partial charge in [-0.2, -0.15) is 0 Å². The monoisotopic (exact) mass is 1160 g/mol. The normalized spacial score (nSPS) is 12.6. The first-order valence-corrected chi connectivity index (χ1v) is 36.1. The zero-order chi connectivity index (χ0) is 59.9. The molecule has 0 radical (unpaired) electrons. The van der Waals surface area contributed by atoms with Gasteiger partial charge in [0.2, 0.25) is 0 Å². The summed E-state index contributed by atoms with van der Waals surface area (Å²) in [6, 6.07) is 0. The van der Waals surface area contributed by atoms with E-state index in [0.717, 1.165) is 128 Å². The lowest BCUT2D eigenvalue weighted by Crippen LogP contribution is -2.30. The molecule has 0 heterocycles. The predicted octanol–water partition coefficient (Wildman–Crippen LogP) is 25.0. The van der Waals surface area contributed by atoms with Crippen LogP contribution in [0.1, 0.15) is 367 Å². The van der Waals surface area contributed by atoms with Crippen molar-refractivity contribution in [2.45, 2.75) is 374 Å². The van der Waals surface area contributed by atoms with Crippen molar-refractivity contribution in [3.05, 3.63) is 85.1 Å². The molecule has 0 aliphatic carbocycles. The predicted molar refractivity (Wildman–Crippen MR) is 362 cm³/mol. The Morgan fingerprint density at radius 3 is 0.759 bits per heavy atom. The van der Waals surface area contributed by atoms with Gasteiger partial charge in [0.25, 0.3) is 0 Å². The van der Waals surface area contributed by atoms with Gasteiger partial charge in [0, 0.05) is 19.3 Å². The van der Waals surface area contributed by atoms with Gasteiger partial charge < -0.3 is 14.2 Å². The van der Waals surface area contributed by atoms with E-state index in [1.165, 1.54) is 199 Å². The minimum atomic E-state index is -0.794. The molecule has 0 aromatic carbocycles. The Morgan fingerprint density at radius 1 is 0.253 bits per heavy atom. The molecular formula is C77H136O6. The summed E-state index contributed by atoms with van der Waals surface area (Å²) >= 11 is 0. The number of carbonyl (C=O) groups excluding carboxylic acids is 3. The average Bonchev–Trinajstić information content (AvgIpc) is 3.49. The Labute approximate surface area is 515 Å². The minimum Gasteiger partial charge on any atom is -0.462 e. The minimum absolute atomic E-state index is 0.0864. The Balaban J connectivity index is 4.28. The highest BCUT2D eigenvalue weighted by atomic mass is 16.6. The largest absolute Gasteiger partial charge is 0.462 e. The zero-order valence-electron chi connectivity index (χ0n) is 55.2. The van der Waals surface area contributed by atoms with Gasteiger partial charge in [0.05, 0.1) is 0 Å². The van der Waals surface area contributed by atoms with Gasteiger partial charge >= 0.3 is 17.9 Å². The van der Waals surface area contributed by atoms with Crippen molar-refractivity contribution in [2.75, 3.05) is 13.2 Å². The van der Waals surface area contributed by atoms with Crippen molar-refractivity contribution in [3.8, 4) is 0 Å². The highest BCUT2D eigenvalue weighted by molar-refractivity contribution is 5.71. The molecule has 0 aromatic rings. The number of carbonyl (C=O) groups is 3. The van der Waals surface area contributed by atoms with E-state index in [1.807, 2.05) is 0 Å². The van der Waals surface area contributed by atoms with E-state index in [4.69, 9.17) is 14.2 Å². The van der Waals surface area contributed by atoms with Gasteiger partial charge in [0.15, 0.2) is 6.10 Å². The van der Waals surface area contributed by atoms with Crippen molar-refractivity contribution in [1.82, 2.24) is 0 Å². The Bertz CT molecular complexity index is 1570. The number of unbranched alkanes of at least 4 members (excludes halogenated alkanes) is 41. The zero-order valence-corrected chi connectivity index (χ0v) is 55.2. The molecule has 6 heteroatoms. The van der Waals surface area contributed by atoms with Crippen LogP contribution < -0.4 is 0 Å². The molecule has 0 aliphatic rings. The van der Waals surface area contributed by atoms with Gasteiger partial charge in [0.1, 0.15) is 13.2 Å². The third kappa shape index (κ3) is 69.3. The lowest BCUT2D eigenvalue weighted by atomic mass is 10.0. The summed E-state index contributed by atoms with van der Waals surface area (Å²) in [5.41, 5.74) is 0. The lowest BCUT2D eigenvalue weighted by molar-refractivity contribution is -0.167. The molecule has 0 N–H and O–H groups in total. The van der Waals surface area contributed by atoms with E-state index in [1.54, 1.807) is 0 Å². The van der Waals surface area contributed by atoms with Crippen LogP contribution >= 0.6 is 0 Å². The quantitative estimate of drug-likeness (QED) is 0.0261. The van der Waals surface area contributed by atoms with Crippen LogP contribution in [0.5, 0.6) is 0 Å². The second-order valence-electron chi connectivity index (χ2n) is 24.1. The summed E-state index contributed by atoms with van der Waals surface area (Å²) in [7, 11) is 0. The van der Waals surface area contributed by atoms with E-state index in [0.29, 0.717) is 19.3 Å². The fourth-order valence-corrected chi connectivity index (χ4v) is 10.5. The maximum atomic E-state index is 13.0. The van der Waals surface area contributed by atoms with E-state index < -0.39 is 6.10 Å². The SMILES string of the molecule is CC/C=C\C/C=C\C/C=C\C/C=C\C/C=C\CCCCCCCC(=O)OC(COC(=O)CCCCCCC/C=C\C/C=C\CCCCC)COC(=O)CCCCCCCCCCCCCCCCCCCCCCCCCCCCCCC. The summed E-state index contributed by atoms with van der Waals surface area (Å²) in [5.74, 6) is -0.902. The third-order valence-electron chi connectivity index (χ3n) is 15.9. The molecule has 0 saturated heterocycles. The van der Waals surface area contributed by atoms with Crippen LogP contribution in [0, 0.1) is 0 Å². The molecule has 0 rings (SSSR count). The molecule has 0 bridgehead atoms. The van der Waals surface area contributed by atoms with Gasteiger partial charge in [-0.1, -0.05) is 337 Å². The highest BCUT2D eigenvalue weighted by Gasteiger charge is 2.19. The number of hydrogen-bond donors (Lipinski definition) is 0. The molecule has 0 amide bonds. The second kappa shape index (κ2) is 71.1. The number of rotatable bonds is 66. The molecule has 83 heavy (non-hydrogen) atoms.